The maximum atomic E-state index is 12.5. The molecule has 5 heteroatoms. The summed E-state index contributed by atoms with van der Waals surface area (Å²) in [6.45, 7) is 4.66. The molecule has 1 heterocycles. The summed E-state index contributed by atoms with van der Waals surface area (Å²) in [6, 6.07) is 3.65. The summed E-state index contributed by atoms with van der Waals surface area (Å²) in [5.41, 5.74) is 0.797. The minimum atomic E-state index is -0.678. The molecule has 1 fully saturated rings. The Bertz CT molecular complexity index is 511. The minimum absolute atomic E-state index is 0.0722. The van der Waals surface area contributed by atoms with E-state index >= 15 is 0 Å². The van der Waals surface area contributed by atoms with Gasteiger partial charge in [-0.05, 0) is 45.1 Å². The first-order valence-electron chi connectivity index (χ1n) is 8.08. The largest absolute Gasteiger partial charge is 0.478 e. The lowest BCUT2D eigenvalue weighted by atomic mass is 10.0. The van der Waals surface area contributed by atoms with Crippen LogP contribution in [0.1, 0.15) is 51.1 Å². The lowest BCUT2D eigenvalue weighted by Crippen LogP contribution is -2.42. The van der Waals surface area contributed by atoms with Gasteiger partial charge in [-0.15, -0.1) is 0 Å². The Hall–Kier alpha value is -1.62. The van der Waals surface area contributed by atoms with Gasteiger partial charge in [-0.2, -0.15) is 0 Å². The predicted molar refractivity (Wildman–Crippen MR) is 86.2 cm³/mol. The molecular formula is C17H26N2O3. The Morgan fingerprint density at radius 2 is 2.09 bits per heavy atom. The molecule has 1 amide bonds. The third kappa shape index (κ3) is 3.77. The smallest absolute Gasteiger partial charge is 0.256 e. The molecule has 122 valence electrons. The van der Waals surface area contributed by atoms with Crippen molar-refractivity contribution in [1.29, 1.82) is 0 Å². The zero-order valence-corrected chi connectivity index (χ0v) is 13.8. The van der Waals surface area contributed by atoms with Crippen molar-refractivity contribution in [2.75, 3.05) is 19.0 Å². The van der Waals surface area contributed by atoms with Gasteiger partial charge in [-0.25, -0.2) is 4.98 Å². The van der Waals surface area contributed by atoms with E-state index < -0.39 is 5.60 Å². The van der Waals surface area contributed by atoms with Gasteiger partial charge in [0.25, 0.3) is 5.91 Å². The summed E-state index contributed by atoms with van der Waals surface area (Å²) in [5, 5.41) is 2.96. The van der Waals surface area contributed by atoms with Crippen molar-refractivity contribution in [1.82, 2.24) is 4.98 Å². The summed E-state index contributed by atoms with van der Waals surface area (Å²) in [6.07, 6.45) is 5.72. The Morgan fingerprint density at radius 3 is 2.68 bits per heavy atom. The number of amides is 1. The number of hydrogen-bond donors (Lipinski definition) is 1. The number of carbonyl (C=O) groups excluding carboxylic acids is 1. The minimum Gasteiger partial charge on any atom is -0.478 e. The fraction of sp³-hybridized carbons (Fsp3) is 0.647. The second-order valence-electron chi connectivity index (χ2n) is 5.84. The molecule has 0 aromatic carbocycles. The molecule has 0 saturated heterocycles. The van der Waals surface area contributed by atoms with Crippen molar-refractivity contribution in [3.63, 3.8) is 0 Å². The maximum absolute atomic E-state index is 12.5. The SMILES string of the molecule is CCCCOc1ccc(NC(=O)C2(OC)CCCC2)c(C)n1. The molecule has 0 bridgehead atoms. The van der Waals surface area contributed by atoms with Crippen molar-refractivity contribution in [3.05, 3.63) is 17.8 Å². The van der Waals surface area contributed by atoms with Gasteiger partial charge in [0.2, 0.25) is 5.88 Å². The fourth-order valence-corrected chi connectivity index (χ4v) is 2.78. The van der Waals surface area contributed by atoms with Crippen LogP contribution in [0.3, 0.4) is 0 Å². The molecule has 22 heavy (non-hydrogen) atoms. The summed E-state index contributed by atoms with van der Waals surface area (Å²) in [4.78, 5) is 16.9. The molecule has 1 aromatic heterocycles. The number of anilines is 1. The average molecular weight is 306 g/mol. The van der Waals surface area contributed by atoms with Crippen LogP contribution in [0.5, 0.6) is 5.88 Å². The Balaban J connectivity index is 2.02. The van der Waals surface area contributed by atoms with Crippen molar-refractivity contribution >= 4 is 11.6 Å². The summed E-state index contributed by atoms with van der Waals surface area (Å²) < 4.78 is 11.1. The highest BCUT2D eigenvalue weighted by Crippen LogP contribution is 2.34. The van der Waals surface area contributed by atoms with Crippen molar-refractivity contribution < 1.29 is 14.3 Å². The van der Waals surface area contributed by atoms with Crippen molar-refractivity contribution in [2.24, 2.45) is 0 Å². The Kier molecular flexibility index (Phi) is 5.77. The second kappa shape index (κ2) is 7.58. The number of ether oxygens (including phenoxy) is 2. The number of rotatable bonds is 7. The number of carbonyl (C=O) groups is 1. The number of aryl methyl sites for hydroxylation is 1. The zero-order valence-electron chi connectivity index (χ0n) is 13.8. The number of aromatic nitrogens is 1. The number of methoxy groups -OCH3 is 1. The van der Waals surface area contributed by atoms with Crippen molar-refractivity contribution in [2.45, 2.75) is 58.0 Å². The van der Waals surface area contributed by atoms with Crippen LogP contribution in [-0.4, -0.2) is 30.2 Å². The lowest BCUT2D eigenvalue weighted by molar-refractivity contribution is -0.137. The molecule has 1 aliphatic carbocycles. The molecule has 0 atom stereocenters. The predicted octanol–water partition coefficient (Wildman–Crippen LogP) is 3.47. The van der Waals surface area contributed by atoms with Gasteiger partial charge >= 0.3 is 0 Å². The molecule has 5 nitrogen and oxygen atoms in total. The van der Waals surface area contributed by atoms with E-state index in [-0.39, 0.29) is 5.91 Å². The van der Waals surface area contributed by atoms with Crippen LogP contribution in [0.15, 0.2) is 12.1 Å². The van der Waals surface area contributed by atoms with Crippen LogP contribution >= 0.6 is 0 Å². The molecule has 2 rings (SSSR count). The molecule has 0 spiro atoms. The van der Waals surface area contributed by atoms with E-state index in [2.05, 4.69) is 17.2 Å². The highest BCUT2D eigenvalue weighted by Gasteiger charge is 2.41. The summed E-state index contributed by atoms with van der Waals surface area (Å²) in [7, 11) is 1.61. The van der Waals surface area contributed by atoms with E-state index in [9.17, 15) is 4.79 Å². The average Bonchev–Trinajstić information content (AvgIpc) is 3.00. The number of nitrogens with zero attached hydrogens (tertiary/aromatic N) is 1. The van der Waals surface area contributed by atoms with Gasteiger partial charge in [0.05, 0.1) is 18.0 Å². The Labute approximate surface area is 132 Å². The third-order valence-electron chi connectivity index (χ3n) is 4.27. The molecule has 1 N–H and O–H groups in total. The van der Waals surface area contributed by atoms with Gasteiger partial charge in [0.15, 0.2) is 0 Å². The quantitative estimate of drug-likeness (QED) is 0.784. The van der Waals surface area contributed by atoms with E-state index in [1.807, 2.05) is 13.0 Å². The third-order valence-corrected chi connectivity index (χ3v) is 4.27. The van der Waals surface area contributed by atoms with Crippen LogP contribution in [0.2, 0.25) is 0 Å². The first kappa shape index (κ1) is 16.7. The highest BCUT2D eigenvalue weighted by molar-refractivity contribution is 5.97. The number of pyridine rings is 1. The number of hydrogen-bond acceptors (Lipinski definition) is 4. The van der Waals surface area contributed by atoms with Gasteiger partial charge in [0.1, 0.15) is 5.60 Å². The molecule has 0 unspecified atom stereocenters. The van der Waals surface area contributed by atoms with Crippen LogP contribution in [0.25, 0.3) is 0 Å². The fourth-order valence-electron chi connectivity index (χ4n) is 2.78. The second-order valence-corrected chi connectivity index (χ2v) is 5.84. The molecule has 0 aliphatic heterocycles. The van der Waals surface area contributed by atoms with E-state index in [0.717, 1.165) is 49.9 Å². The lowest BCUT2D eigenvalue weighted by Gasteiger charge is -2.26. The molecule has 1 aliphatic rings. The summed E-state index contributed by atoms with van der Waals surface area (Å²) in [5.74, 6) is 0.531. The monoisotopic (exact) mass is 306 g/mol. The summed E-state index contributed by atoms with van der Waals surface area (Å²) >= 11 is 0. The van der Waals surface area contributed by atoms with Crippen LogP contribution < -0.4 is 10.1 Å². The maximum Gasteiger partial charge on any atom is 0.256 e. The van der Waals surface area contributed by atoms with E-state index in [0.29, 0.717) is 12.5 Å². The standard InChI is InChI=1S/C17H26N2O3/c1-4-5-12-22-15-9-8-14(13(2)18-15)19-16(20)17(21-3)10-6-7-11-17/h8-9H,4-7,10-12H2,1-3H3,(H,19,20). The van der Waals surface area contributed by atoms with E-state index in [4.69, 9.17) is 9.47 Å². The van der Waals surface area contributed by atoms with Crippen LogP contribution in [0.4, 0.5) is 5.69 Å². The molecule has 1 saturated carbocycles. The van der Waals surface area contributed by atoms with Gasteiger partial charge in [0, 0.05) is 13.2 Å². The highest BCUT2D eigenvalue weighted by atomic mass is 16.5. The number of unbranched alkanes of at least 4 members (excludes halogenated alkanes) is 1. The Morgan fingerprint density at radius 1 is 1.36 bits per heavy atom. The van der Waals surface area contributed by atoms with E-state index in [1.165, 1.54) is 0 Å². The van der Waals surface area contributed by atoms with Crippen LogP contribution in [0, 0.1) is 6.92 Å². The first-order valence-corrected chi connectivity index (χ1v) is 8.08. The zero-order chi connectivity index (χ0) is 16.0. The van der Waals surface area contributed by atoms with Crippen LogP contribution in [-0.2, 0) is 9.53 Å². The molecular weight excluding hydrogens is 280 g/mol. The van der Waals surface area contributed by atoms with Gasteiger partial charge < -0.3 is 14.8 Å². The van der Waals surface area contributed by atoms with E-state index in [1.54, 1.807) is 13.2 Å². The number of nitrogens with one attached hydrogen (secondary N) is 1. The molecule has 0 radical (unpaired) electrons. The van der Waals surface area contributed by atoms with Gasteiger partial charge in [-0.3, -0.25) is 4.79 Å². The normalized spacial score (nSPS) is 16.5. The molecule has 1 aromatic rings. The first-order chi connectivity index (χ1) is 10.6. The van der Waals surface area contributed by atoms with Crippen molar-refractivity contribution in [3.8, 4) is 5.88 Å². The topological polar surface area (TPSA) is 60.5 Å². The van der Waals surface area contributed by atoms with Gasteiger partial charge in [-0.1, -0.05) is 13.3 Å².